The molecular weight excluding hydrogens is 342 g/mol. The van der Waals surface area contributed by atoms with Gasteiger partial charge in [-0.2, -0.15) is 0 Å². The van der Waals surface area contributed by atoms with Crippen LogP contribution in [0.4, 0.5) is 10.6 Å². The maximum Gasteiger partial charge on any atom is 0.405 e. The second-order valence-corrected chi connectivity index (χ2v) is 6.78. The van der Waals surface area contributed by atoms with E-state index in [1.807, 2.05) is 44.2 Å². The average molecular weight is 365 g/mol. The lowest BCUT2D eigenvalue weighted by molar-refractivity contribution is 0.187. The fourth-order valence-corrected chi connectivity index (χ4v) is 3.07. The van der Waals surface area contributed by atoms with E-state index < -0.39 is 12.1 Å². The molecule has 0 fully saturated rings. The Morgan fingerprint density at radius 3 is 2.48 bits per heavy atom. The first-order valence-corrected chi connectivity index (χ1v) is 8.87. The van der Waals surface area contributed by atoms with Gasteiger partial charge in [0.2, 0.25) is 0 Å². The standard InChI is InChI=1S/C20H23N5O2/c1-12(2)10-17(24-20(26)27)19-23-16-5-4-14(13-6-8-22-9-7-13)11-15(16)18(21-3)25-19/h4-9,11-12,17,24H,10H2,1-3H3,(H,26,27)(H,21,23,25). The second-order valence-electron chi connectivity index (χ2n) is 6.78. The Kier molecular flexibility index (Phi) is 5.49. The predicted molar refractivity (Wildman–Crippen MR) is 106 cm³/mol. The molecule has 1 amide bonds. The molecule has 3 rings (SSSR count). The number of aromatic nitrogens is 3. The van der Waals surface area contributed by atoms with Gasteiger partial charge in [0.05, 0.1) is 11.6 Å². The number of nitrogens with zero attached hydrogens (tertiary/aromatic N) is 3. The highest BCUT2D eigenvalue weighted by molar-refractivity contribution is 5.92. The lowest BCUT2D eigenvalue weighted by Crippen LogP contribution is -2.29. The fourth-order valence-electron chi connectivity index (χ4n) is 3.07. The number of carbonyl (C=O) groups is 1. The van der Waals surface area contributed by atoms with Crippen molar-refractivity contribution < 1.29 is 9.90 Å². The summed E-state index contributed by atoms with van der Waals surface area (Å²) >= 11 is 0. The van der Waals surface area contributed by atoms with Crippen molar-refractivity contribution in [2.75, 3.05) is 12.4 Å². The number of nitrogens with one attached hydrogen (secondary N) is 2. The molecule has 27 heavy (non-hydrogen) atoms. The average Bonchev–Trinajstić information content (AvgIpc) is 2.66. The first-order chi connectivity index (χ1) is 13.0. The molecule has 0 bridgehead atoms. The molecule has 1 atom stereocenters. The summed E-state index contributed by atoms with van der Waals surface area (Å²) in [5, 5.41) is 15.7. The number of fused-ring (bicyclic) bond motifs is 1. The summed E-state index contributed by atoms with van der Waals surface area (Å²) in [6.07, 6.45) is 3.05. The van der Waals surface area contributed by atoms with Crippen molar-refractivity contribution in [1.29, 1.82) is 0 Å². The summed E-state index contributed by atoms with van der Waals surface area (Å²) in [5.41, 5.74) is 2.87. The van der Waals surface area contributed by atoms with Crippen molar-refractivity contribution in [2.45, 2.75) is 26.3 Å². The van der Waals surface area contributed by atoms with Gasteiger partial charge < -0.3 is 15.7 Å². The number of hydrogen-bond donors (Lipinski definition) is 3. The van der Waals surface area contributed by atoms with Crippen LogP contribution >= 0.6 is 0 Å². The van der Waals surface area contributed by atoms with Crippen molar-refractivity contribution in [2.24, 2.45) is 5.92 Å². The minimum absolute atomic E-state index is 0.299. The van der Waals surface area contributed by atoms with Crippen molar-refractivity contribution in [1.82, 2.24) is 20.3 Å². The van der Waals surface area contributed by atoms with E-state index in [-0.39, 0.29) is 0 Å². The Bertz CT molecular complexity index is 944. The molecule has 0 saturated heterocycles. The molecule has 0 aliphatic carbocycles. The Labute approximate surface area is 157 Å². The number of rotatable bonds is 6. The molecule has 7 heteroatoms. The Hall–Kier alpha value is -3.22. The molecule has 7 nitrogen and oxygen atoms in total. The van der Waals surface area contributed by atoms with Crippen LogP contribution in [0.25, 0.3) is 22.0 Å². The molecule has 140 valence electrons. The zero-order chi connectivity index (χ0) is 19.4. The van der Waals surface area contributed by atoms with Crippen molar-refractivity contribution >= 4 is 22.8 Å². The number of pyridine rings is 1. The van der Waals surface area contributed by atoms with Crippen LogP contribution in [0.3, 0.4) is 0 Å². The molecule has 3 N–H and O–H groups in total. The van der Waals surface area contributed by atoms with Crippen LogP contribution in [0.2, 0.25) is 0 Å². The number of anilines is 1. The molecule has 1 unspecified atom stereocenters. The fraction of sp³-hybridized carbons (Fsp3) is 0.300. The molecule has 0 aliphatic heterocycles. The Morgan fingerprint density at radius 2 is 1.85 bits per heavy atom. The minimum Gasteiger partial charge on any atom is -0.465 e. The SMILES string of the molecule is CNc1nc(C(CC(C)C)NC(=O)O)nc2ccc(-c3ccncc3)cc12. The summed E-state index contributed by atoms with van der Waals surface area (Å²) < 4.78 is 0. The van der Waals surface area contributed by atoms with Gasteiger partial charge in [0.1, 0.15) is 5.82 Å². The Balaban J connectivity index is 2.08. The van der Waals surface area contributed by atoms with E-state index >= 15 is 0 Å². The van der Waals surface area contributed by atoms with E-state index in [1.54, 1.807) is 19.4 Å². The van der Waals surface area contributed by atoms with Gasteiger partial charge in [0, 0.05) is 24.8 Å². The first kappa shape index (κ1) is 18.6. The highest BCUT2D eigenvalue weighted by atomic mass is 16.4. The molecule has 2 aromatic heterocycles. The minimum atomic E-state index is -1.08. The van der Waals surface area contributed by atoms with Crippen LogP contribution in [-0.4, -0.2) is 33.2 Å². The molecule has 0 saturated carbocycles. The van der Waals surface area contributed by atoms with Gasteiger partial charge in [0.15, 0.2) is 5.82 Å². The van der Waals surface area contributed by atoms with Crippen LogP contribution in [0.5, 0.6) is 0 Å². The van der Waals surface area contributed by atoms with Crippen molar-refractivity contribution in [3.63, 3.8) is 0 Å². The van der Waals surface area contributed by atoms with Crippen LogP contribution in [-0.2, 0) is 0 Å². The van der Waals surface area contributed by atoms with Gasteiger partial charge in [-0.05, 0) is 47.7 Å². The highest BCUT2D eigenvalue weighted by Crippen LogP contribution is 2.29. The third-order valence-electron chi connectivity index (χ3n) is 4.28. The van der Waals surface area contributed by atoms with E-state index in [4.69, 9.17) is 0 Å². The van der Waals surface area contributed by atoms with E-state index in [0.717, 1.165) is 22.0 Å². The maximum atomic E-state index is 11.2. The highest BCUT2D eigenvalue weighted by Gasteiger charge is 2.20. The number of amides is 1. The predicted octanol–water partition coefficient (Wildman–Crippen LogP) is 4.09. The summed E-state index contributed by atoms with van der Waals surface area (Å²) in [7, 11) is 1.80. The van der Waals surface area contributed by atoms with E-state index in [2.05, 4.69) is 25.6 Å². The molecule has 0 aliphatic rings. The second kappa shape index (κ2) is 7.99. The smallest absolute Gasteiger partial charge is 0.405 e. The van der Waals surface area contributed by atoms with Gasteiger partial charge in [-0.25, -0.2) is 14.8 Å². The van der Waals surface area contributed by atoms with Gasteiger partial charge in [0.25, 0.3) is 0 Å². The summed E-state index contributed by atoms with van der Waals surface area (Å²) in [6.45, 7) is 4.08. The quantitative estimate of drug-likeness (QED) is 0.608. The lowest BCUT2D eigenvalue weighted by Gasteiger charge is -2.19. The van der Waals surface area contributed by atoms with Crippen LogP contribution in [0.15, 0.2) is 42.7 Å². The van der Waals surface area contributed by atoms with Gasteiger partial charge in [-0.15, -0.1) is 0 Å². The molecular formula is C20H23N5O2. The summed E-state index contributed by atoms with van der Waals surface area (Å²) in [6, 6.07) is 9.40. The van der Waals surface area contributed by atoms with Gasteiger partial charge >= 0.3 is 6.09 Å². The normalized spacial score (nSPS) is 12.1. The molecule has 2 heterocycles. The molecule has 0 radical (unpaired) electrons. The zero-order valence-corrected chi connectivity index (χ0v) is 15.6. The van der Waals surface area contributed by atoms with E-state index in [9.17, 15) is 9.90 Å². The summed E-state index contributed by atoms with van der Waals surface area (Å²) in [5.74, 6) is 1.44. The first-order valence-electron chi connectivity index (χ1n) is 8.87. The largest absolute Gasteiger partial charge is 0.465 e. The van der Waals surface area contributed by atoms with E-state index in [1.165, 1.54) is 0 Å². The molecule has 3 aromatic rings. The van der Waals surface area contributed by atoms with Crippen LogP contribution < -0.4 is 10.6 Å². The molecule has 0 spiro atoms. The lowest BCUT2D eigenvalue weighted by atomic mass is 10.0. The monoisotopic (exact) mass is 365 g/mol. The van der Waals surface area contributed by atoms with Gasteiger partial charge in [-0.3, -0.25) is 4.98 Å². The number of benzene rings is 1. The number of carboxylic acid groups (broad SMARTS) is 1. The molecule has 1 aromatic carbocycles. The van der Waals surface area contributed by atoms with Crippen molar-refractivity contribution in [3.05, 3.63) is 48.5 Å². The van der Waals surface area contributed by atoms with Crippen molar-refractivity contribution in [3.8, 4) is 11.1 Å². The van der Waals surface area contributed by atoms with Gasteiger partial charge in [-0.1, -0.05) is 19.9 Å². The van der Waals surface area contributed by atoms with E-state index in [0.29, 0.717) is 24.0 Å². The Morgan fingerprint density at radius 1 is 1.11 bits per heavy atom. The summed E-state index contributed by atoms with van der Waals surface area (Å²) in [4.78, 5) is 24.5. The third-order valence-corrected chi connectivity index (χ3v) is 4.28. The maximum absolute atomic E-state index is 11.2. The van der Waals surface area contributed by atoms with Crippen LogP contribution in [0, 0.1) is 5.92 Å². The topological polar surface area (TPSA) is 100 Å². The zero-order valence-electron chi connectivity index (χ0n) is 15.6. The third kappa shape index (κ3) is 4.31. The van der Waals surface area contributed by atoms with Crippen LogP contribution in [0.1, 0.15) is 32.1 Å². The number of hydrogen-bond acceptors (Lipinski definition) is 5.